The highest BCUT2D eigenvalue weighted by atomic mass is 32.2. The number of nitrogens with zero attached hydrogens (tertiary/aromatic N) is 2. The van der Waals surface area contributed by atoms with Crippen molar-refractivity contribution in [2.45, 2.75) is 18.8 Å². The highest BCUT2D eigenvalue weighted by Gasteiger charge is 2.27. The molecule has 1 atom stereocenters. The van der Waals surface area contributed by atoms with Crippen LogP contribution < -0.4 is 5.32 Å². The van der Waals surface area contributed by atoms with Gasteiger partial charge in [-0.1, -0.05) is 0 Å². The summed E-state index contributed by atoms with van der Waals surface area (Å²) in [7, 11) is -0.735. The van der Waals surface area contributed by atoms with Crippen molar-refractivity contribution >= 4 is 27.5 Å². The number of rotatable bonds is 5. The van der Waals surface area contributed by atoms with Gasteiger partial charge in [0.25, 0.3) is 0 Å². The number of aromatic nitrogens is 2. The van der Waals surface area contributed by atoms with E-state index in [0.29, 0.717) is 18.2 Å². The Labute approximate surface area is 89.8 Å². The van der Waals surface area contributed by atoms with Crippen molar-refractivity contribution < 1.29 is 4.21 Å². The fourth-order valence-electron chi connectivity index (χ4n) is 1.12. The summed E-state index contributed by atoms with van der Waals surface area (Å²) in [4.78, 5) is 4.37. The van der Waals surface area contributed by atoms with Crippen LogP contribution in [0.15, 0.2) is 0 Å². The predicted molar refractivity (Wildman–Crippen MR) is 59.3 cm³/mol. The lowest BCUT2D eigenvalue weighted by Crippen LogP contribution is -2.09. The topological polar surface area (TPSA) is 54.9 Å². The molecule has 2 rings (SSSR count). The second-order valence-corrected chi connectivity index (χ2v) is 5.74. The second-order valence-electron chi connectivity index (χ2n) is 3.44. The predicted octanol–water partition coefficient (Wildman–Crippen LogP) is 1.21. The van der Waals surface area contributed by atoms with E-state index in [-0.39, 0.29) is 0 Å². The molecule has 0 spiro atoms. The van der Waals surface area contributed by atoms with E-state index in [4.69, 9.17) is 0 Å². The Morgan fingerprint density at radius 2 is 2.43 bits per heavy atom. The average molecular weight is 231 g/mol. The minimum atomic E-state index is -0.735. The van der Waals surface area contributed by atoms with Crippen LogP contribution in [-0.4, -0.2) is 32.1 Å². The van der Waals surface area contributed by atoms with Crippen molar-refractivity contribution in [1.29, 1.82) is 0 Å². The molecule has 4 nitrogen and oxygen atoms in total. The molecule has 6 heteroatoms. The number of nitrogens with one attached hydrogen (secondary N) is 1. The highest BCUT2D eigenvalue weighted by Crippen LogP contribution is 2.39. The van der Waals surface area contributed by atoms with E-state index in [0.717, 1.165) is 11.0 Å². The monoisotopic (exact) mass is 231 g/mol. The van der Waals surface area contributed by atoms with Gasteiger partial charge in [0.05, 0.1) is 0 Å². The van der Waals surface area contributed by atoms with Gasteiger partial charge in [-0.2, -0.15) is 4.37 Å². The fourth-order valence-corrected chi connectivity index (χ4v) is 2.18. The summed E-state index contributed by atoms with van der Waals surface area (Å²) in [6, 6.07) is 0. The van der Waals surface area contributed by atoms with E-state index in [9.17, 15) is 4.21 Å². The molecule has 14 heavy (non-hydrogen) atoms. The molecule has 0 bridgehead atoms. The number of hydrogen-bond donors (Lipinski definition) is 1. The summed E-state index contributed by atoms with van der Waals surface area (Å²) in [5.41, 5.74) is 0. The van der Waals surface area contributed by atoms with Gasteiger partial charge in [-0.05, 0) is 12.8 Å². The first-order valence-corrected chi connectivity index (χ1v) is 7.13. The zero-order valence-electron chi connectivity index (χ0n) is 8.02. The average Bonchev–Trinajstić information content (AvgIpc) is 2.87. The normalized spacial score (nSPS) is 18.1. The van der Waals surface area contributed by atoms with Crippen LogP contribution in [-0.2, 0) is 10.8 Å². The maximum Gasteiger partial charge on any atom is 0.202 e. The maximum atomic E-state index is 10.8. The lowest BCUT2D eigenvalue weighted by molar-refractivity contribution is 0.687. The van der Waals surface area contributed by atoms with Crippen molar-refractivity contribution in [1.82, 2.24) is 9.36 Å². The Hall–Kier alpha value is -0.490. The van der Waals surface area contributed by atoms with Crippen molar-refractivity contribution in [3.63, 3.8) is 0 Å². The minimum Gasteiger partial charge on any atom is -0.359 e. The smallest absolute Gasteiger partial charge is 0.202 e. The molecule has 1 N–H and O–H groups in total. The first-order valence-electron chi connectivity index (χ1n) is 4.63. The lowest BCUT2D eigenvalue weighted by Gasteiger charge is -1.98. The van der Waals surface area contributed by atoms with E-state index in [1.165, 1.54) is 24.4 Å². The maximum absolute atomic E-state index is 10.8. The SMILES string of the molecule is CS(=O)CCNc1nc(C2CC2)ns1. The second kappa shape index (κ2) is 4.35. The summed E-state index contributed by atoms with van der Waals surface area (Å²) in [5.74, 6) is 2.26. The molecule has 1 heterocycles. The van der Waals surface area contributed by atoms with Crippen LogP contribution in [0.3, 0.4) is 0 Å². The van der Waals surface area contributed by atoms with Crippen molar-refractivity contribution in [2.24, 2.45) is 0 Å². The lowest BCUT2D eigenvalue weighted by atomic mass is 10.4. The largest absolute Gasteiger partial charge is 0.359 e. The van der Waals surface area contributed by atoms with E-state index >= 15 is 0 Å². The molecule has 0 amide bonds. The van der Waals surface area contributed by atoms with Crippen LogP contribution in [0.4, 0.5) is 5.13 Å². The van der Waals surface area contributed by atoms with E-state index in [2.05, 4.69) is 14.7 Å². The zero-order chi connectivity index (χ0) is 9.97. The first-order chi connectivity index (χ1) is 6.75. The Morgan fingerprint density at radius 1 is 1.64 bits per heavy atom. The van der Waals surface area contributed by atoms with Crippen LogP contribution in [0.1, 0.15) is 24.6 Å². The van der Waals surface area contributed by atoms with E-state index in [1.54, 1.807) is 6.26 Å². The van der Waals surface area contributed by atoms with Crippen molar-refractivity contribution in [3.05, 3.63) is 5.82 Å². The third-order valence-electron chi connectivity index (χ3n) is 2.05. The number of anilines is 1. The van der Waals surface area contributed by atoms with Gasteiger partial charge >= 0.3 is 0 Å². The Balaban J connectivity index is 1.80. The molecule has 1 aromatic rings. The highest BCUT2D eigenvalue weighted by molar-refractivity contribution is 7.84. The molecule has 78 valence electrons. The van der Waals surface area contributed by atoms with Gasteiger partial charge in [0.15, 0.2) is 0 Å². The molecule has 1 saturated carbocycles. The Kier molecular flexibility index (Phi) is 3.12. The van der Waals surface area contributed by atoms with Gasteiger partial charge in [-0.15, -0.1) is 0 Å². The molecular formula is C8H13N3OS2. The van der Waals surface area contributed by atoms with Gasteiger partial charge < -0.3 is 5.32 Å². The van der Waals surface area contributed by atoms with E-state index in [1.807, 2.05) is 0 Å². The molecule has 1 aromatic heterocycles. The third-order valence-corrected chi connectivity index (χ3v) is 3.52. The van der Waals surface area contributed by atoms with Crippen molar-refractivity contribution in [3.8, 4) is 0 Å². The molecule has 1 unspecified atom stereocenters. The summed E-state index contributed by atoms with van der Waals surface area (Å²) < 4.78 is 15.1. The summed E-state index contributed by atoms with van der Waals surface area (Å²) in [6.07, 6.45) is 4.17. The fraction of sp³-hybridized carbons (Fsp3) is 0.750. The molecule has 1 aliphatic rings. The van der Waals surface area contributed by atoms with Gasteiger partial charge in [0.2, 0.25) is 5.13 Å². The van der Waals surface area contributed by atoms with Gasteiger partial charge in [0, 0.05) is 46.8 Å². The van der Waals surface area contributed by atoms with Gasteiger partial charge in [0.1, 0.15) is 5.82 Å². The Morgan fingerprint density at radius 3 is 3.07 bits per heavy atom. The Bertz CT molecular complexity index is 335. The summed E-state index contributed by atoms with van der Waals surface area (Å²) in [6.45, 7) is 0.711. The zero-order valence-corrected chi connectivity index (χ0v) is 9.66. The first kappa shape index (κ1) is 10.0. The molecule has 1 fully saturated rings. The van der Waals surface area contributed by atoms with Crippen LogP contribution in [0.2, 0.25) is 0 Å². The summed E-state index contributed by atoms with van der Waals surface area (Å²) >= 11 is 1.40. The van der Waals surface area contributed by atoms with Crippen LogP contribution in [0.25, 0.3) is 0 Å². The molecule has 0 radical (unpaired) electrons. The van der Waals surface area contributed by atoms with E-state index < -0.39 is 10.8 Å². The molecule has 0 aliphatic heterocycles. The van der Waals surface area contributed by atoms with Gasteiger partial charge in [-0.3, -0.25) is 4.21 Å². The van der Waals surface area contributed by atoms with Crippen LogP contribution >= 0.6 is 11.5 Å². The quantitative estimate of drug-likeness (QED) is 0.827. The van der Waals surface area contributed by atoms with Crippen LogP contribution in [0.5, 0.6) is 0 Å². The summed E-state index contributed by atoms with van der Waals surface area (Å²) in [5, 5.41) is 3.99. The minimum absolute atomic E-state index is 0.613. The van der Waals surface area contributed by atoms with Crippen molar-refractivity contribution in [2.75, 3.05) is 23.9 Å². The molecule has 1 aliphatic carbocycles. The van der Waals surface area contributed by atoms with Gasteiger partial charge in [-0.25, -0.2) is 4.98 Å². The standard InChI is InChI=1S/C8H13N3OS2/c1-14(12)5-4-9-8-10-7(11-13-8)6-2-3-6/h6H,2-5H2,1H3,(H,9,10,11). The third kappa shape index (κ3) is 2.75. The van der Waals surface area contributed by atoms with Crippen LogP contribution in [0, 0.1) is 0 Å². The molecule has 0 aromatic carbocycles. The molecule has 0 saturated heterocycles. The number of hydrogen-bond acceptors (Lipinski definition) is 5. The molecular weight excluding hydrogens is 218 g/mol.